The Balaban J connectivity index is 2.28. The van der Waals surface area contributed by atoms with Crippen LogP contribution in [0.15, 0.2) is 65.1 Å². The van der Waals surface area contributed by atoms with E-state index in [0.717, 1.165) is 15.1 Å². The molecule has 3 aromatic carbocycles. The molecular weight excluding hydrogens is 308 g/mol. The fourth-order valence-corrected chi connectivity index (χ4v) is 2.57. The highest BCUT2D eigenvalue weighted by Gasteiger charge is 2.05. The molecule has 88 valence electrons. The van der Waals surface area contributed by atoms with Crippen LogP contribution in [0.25, 0.3) is 21.9 Å². The number of hydrogen-bond acceptors (Lipinski definition) is 0. The van der Waals surface area contributed by atoms with E-state index in [1.165, 1.54) is 16.3 Å². The van der Waals surface area contributed by atoms with E-state index in [1.54, 1.807) is 0 Å². The van der Waals surface area contributed by atoms with Crippen molar-refractivity contribution in [3.05, 3.63) is 70.2 Å². The Morgan fingerprint density at radius 2 is 1.61 bits per heavy atom. The van der Waals surface area contributed by atoms with Crippen LogP contribution in [0, 0.1) is 0 Å². The monoisotopic (exact) mass is 316 g/mol. The molecule has 2 heteroatoms. The molecular formula is C16H10BrCl. The lowest BCUT2D eigenvalue weighted by atomic mass is 9.98. The zero-order valence-corrected chi connectivity index (χ0v) is 11.9. The maximum Gasteiger partial charge on any atom is 0.0554 e. The van der Waals surface area contributed by atoms with Gasteiger partial charge in [0, 0.05) is 4.47 Å². The average molecular weight is 318 g/mol. The molecule has 0 radical (unpaired) electrons. The number of halogens is 2. The molecule has 0 fully saturated rings. The minimum Gasteiger partial charge on any atom is -0.0831 e. The normalized spacial score (nSPS) is 10.8. The molecule has 0 spiro atoms. The summed E-state index contributed by atoms with van der Waals surface area (Å²) in [6.45, 7) is 0. The van der Waals surface area contributed by atoms with Gasteiger partial charge >= 0.3 is 0 Å². The third kappa shape index (κ3) is 2.05. The van der Waals surface area contributed by atoms with Crippen molar-refractivity contribution in [2.75, 3.05) is 0 Å². The standard InChI is InChI=1S/C16H10BrCl/c17-15-9-8-12(10-16(15)18)14-7-3-5-11-4-1-2-6-13(11)14/h1-10H. The van der Waals surface area contributed by atoms with Crippen LogP contribution in [0.3, 0.4) is 0 Å². The maximum atomic E-state index is 6.17. The van der Waals surface area contributed by atoms with Crippen molar-refractivity contribution >= 4 is 38.3 Å². The van der Waals surface area contributed by atoms with E-state index >= 15 is 0 Å². The van der Waals surface area contributed by atoms with Gasteiger partial charge in [-0.3, -0.25) is 0 Å². The second-order valence-electron chi connectivity index (χ2n) is 4.16. The van der Waals surface area contributed by atoms with Gasteiger partial charge in [0.2, 0.25) is 0 Å². The molecule has 0 saturated carbocycles. The van der Waals surface area contributed by atoms with Gasteiger partial charge in [-0.15, -0.1) is 0 Å². The number of hydrogen-bond donors (Lipinski definition) is 0. The summed E-state index contributed by atoms with van der Waals surface area (Å²) in [5.74, 6) is 0. The summed E-state index contributed by atoms with van der Waals surface area (Å²) in [6.07, 6.45) is 0. The summed E-state index contributed by atoms with van der Waals surface area (Å²) >= 11 is 9.59. The lowest BCUT2D eigenvalue weighted by molar-refractivity contribution is 1.62. The molecule has 0 aliphatic rings. The van der Waals surface area contributed by atoms with E-state index in [4.69, 9.17) is 11.6 Å². The molecule has 0 aliphatic heterocycles. The molecule has 0 saturated heterocycles. The lowest BCUT2D eigenvalue weighted by Crippen LogP contribution is -1.81. The third-order valence-electron chi connectivity index (χ3n) is 3.02. The van der Waals surface area contributed by atoms with Gasteiger partial charge in [-0.1, -0.05) is 60.1 Å². The topological polar surface area (TPSA) is 0 Å². The fourth-order valence-electron chi connectivity index (χ4n) is 2.14. The Bertz CT molecular complexity index is 714. The molecule has 0 N–H and O–H groups in total. The molecule has 0 amide bonds. The van der Waals surface area contributed by atoms with Crippen LogP contribution < -0.4 is 0 Å². The van der Waals surface area contributed by atoms with Gasteiger partial charge in [0.15, 0.2) is 0 Å². The van der Waals surface area contributed by atoms with Crippen molar-refractivity contribution in [3.8, 4) is 11.1 Å². The van der Waals surface area contributed by atoms with Crippen LogP contribution >= 0.6 is 27.5 Å². The SMILES string of the molecule is Clc1cc(-c2cccc3ccccc23)ccc1Br. The van der Waals surface area contributed by atoms with Gasteiger partial charge in [-0.05, 0) is 50.0 Å². The van der Waals surface area contributed by atoms with Crippen molar-refractivity contribution < 1.29 is 0 Å². The highest BCUT2D eigenvalue weighted by atomic mass is 79.9. The van der Waals surface area contributed by atoms with Crippen molar-refractivity contribution in [2.45, 2.75) is 0 Å². The Morgan fingerprint density at radius 1 is 0.833 bits per heavy atom. The Hall–Kier alpha value is -1.31. The van der Waals surface area contributed by atoms with Crippen molar-refractivity contribution in [1.82, 2.24) is 0 Å². The van der Waals surface area contributed by atoms with Gasteiger partial charge in [0.25, 0.3) is 0 Å². The first kappa shape index (κ1) is 11.8. The van der Waals surface area contributed by atoms with E-state index in [2.05, 4.69) is 64.5 Å². The molecule has 0 nitrogen and oxygen atoms in total. The van der Waals surface area contributed by atoms with Gasteiger partial charge in [0.05, 0.1) is 5.02 Å². The Morgan fingerprint density at radius 3 is 2.44 bits per heavy atom. The predicted molar refractivity (Wildman–Crippen MR) is 82.1 cm³/mol. The molecule has 3 rings (SSSR count). The van der Waals surface area contributed by atoms with Crippen LogP contribution in [-0.4, -0.2) is 0 Å². The molecule has 0 bridgehead atoms. The van der Waals surface area contributed by atoms with Crippen LogP contribution in [0.1, 0.15) is 0 Å². The fraction of sp³-hybridized carbons (Fsp3) is 0. The summed E-state index contributed by atoms with van der Waals surface area (Å²) in [5.41, 5.74) is 2.35. The minimum atomic E-state index is 0.737. The van der Waals surface area contributed by atoms with Crippen LogP contribution in [-0.2, 0) is 0 Å². The zero-order chi connectivity index (χ0) is 12.5. The highest BCUT2D eigenvalue weighted by Crippen LogP contribution is 2.32. The quantitative estimate of drug-likeness (QED) is 0.522. The molecule has 0 aliphatic carbocycles. The lowest BCUT2D eigenvalue weighted by Gasteiger charge is -2.07. The van der Waals surface area contributed by atoms with Crippen molar-refractivity contribution in [2.24, 2.45) is 0 Å². The smallest absolute Gasteiger partial charge is 0.0554 e. The molecule has 0 unspecified atom stereocenters. The van der Waals surface area contributed by atoms with E-state index < -0.39 is 0 Å². The predicted octanol–water partition coefficient (Wildman–Crippen LogP) is 5.92. The molecule has 0 atom stereocenters. The Labute approximate surface area is 119 Å². The highest BCUT2D eigenvalue weighted by molar-refractivity contribution is 9.10. The first-order valence-corrected chi connectivity index (χ1v) is 6.86. The summed E-state index contributed by atoms with van der Waals surface area (Å²) < 4.78 is 0.924. The van der Waals surface area contributed by atoms with Crippen LogP contribution in [0.5, 0.6) is 0 Å². The summed E-state index contributed by atoms with van der Waals surface area (Å²) in [7, 11) is 0. The van der Waals surface area contributed by atoms with E-state index in [0.29, 0.717) is 0 Å². The second kappa shape index (κ2) is 4.75. The first-order chi connectivity index (χ1) is 8.75. The number of benzene rings is 3. The van der Waals surface area contributed by atoms with Gasteiger partial charge < -0.3 is 0 Å². The first-order valence-electron chi connectivity index (χ1n) is 5.69. The number of fused-ring (bicyclic) bond motifs is 1. The summed E-state index contributed by atoms with van der Waals surface area (Å²) in [4.78, 5) is 0. The van der Waals surface area contributed by atoms with Crippen molar-refractivity contribution in [1.29, 1.82) is 0 Å². The molecule has 18 heavy (non-hydrogen) atoms. The summed E-state index contributed by atoms with van der Waals surface area (Å²) in [5, 5.41) is 3.23. The van der Waals surface area contributed by atoms with Crippen LogP contribution in [0.4, 0.5) is 0 Å². The summed E-state index contributed by atoms with van der Waals surface area (Å²) in [6, 6.07) is 20.8. The van der Waals surface area contributed by atoms with Crippen molar-refractivity contribution in [3.63, 3.8) is 0 Å². The Kier molecular flexibility index (Phi) is 3.11. The maximum absolute atomic E-state index is 6.17. The van der Waals surface area contributed by atoms with Gasteiger partial charge in [0.1, 0.15) is 0 Å². The largest absolute Gasteiger partial charge is 0.0831 e. The zero-order valence-electron chi connectivity index (χ0n) is 9.53. The minimum absolute atomic E-state index is 0.737. The average Bonchev–Trinajstić information content (AvgIpc) is 2.41. The number of rotatable bonds is 1. The van der Waals surface area contributed by atoms with Gasteiger partial charge in [-0.25, -0.2) is 0 Å². The molecule has 0 heterocycles. The van der Waals surface area contributed by atoms with Gasteiger partial charge in [-0.2, -0.15) is 0 Å². The molecule has 0 aromatic heterocycles. The second-order valence-corrected chi connectivity index (χ2v) is 5.42. The van der Waals surface area contributed by atoms with Crippen LogP contribution in [0.2, 0.25) is 5.02 Å². The van der Waals surface area contributed by atoms with E-state index in [-0.39, 0.29) is 0 Å². The molecule has 3 aromatic rings. The van der Waals surface area contributed by atoms with E-state index in [1.807, 2.05) is 12.1 Å². The van der Waals surface area contributed by atoms with E-state index in [9.17, 15) is 0 Å². The third-order valence-corrected chi connectivity index (χ3v) is 4.25.